The van der Waals surface area contributed by atoms with E-state index in [1.54, 1.807) is 14.2 Å². The number of rotatable bonds is 2. The number of hydrogen-bond acceptors (Lipinski definition) is 4. The Kier molecular flexibility index (Phi) is 2.97. The topological polar surface area (TPSA) is 60.5 Å². The number of fused-ring (bicyclic) bond motifs is 2. The predicted molar refractivity (Wildman–Crippen MR) is 75.5 cm³/mol. The third kappa shape index (κ3) is 1.95. The minimum absolute atomic E-state index is 0.0667. The Labute approximate surface area is 116 Å². The molecule has 5 heteroatoms. The summed E-state index contributed by atoms with van der Waals surface area (Å²) in [5.41, 5.74) is 2.28. The van der Waals surface area contributed by atoms with Crippen molar-refractivity contribution in [2.24, 2.45) is 0 Å². The van der Waals surface area contributed by atoms with Crippen LogP contribution in [0.3, 0.4) is 0 Å². The summed E-state index contributed by atoms with van der Waals surface area (Å²) >= 11 is 0. The van der Waals surface area contributed by atoms with Gasteiger partial charge in [-0.2, -0.15) is 0 Å². The van der Waals surface area contributed by atoms with Gasteiger partial charge in [0.05, 0.1) is 31.0 Å². The number of ether oxygens (including phenoxy) is 2. The van der Waals surface area contributed by atoms with E-state index in [9.17, 15) is 4.79 Å². The number of benzene rings is 1. The number of pyridine rings is 1. The van der Waals surface area contributed by atoms with Crippen molar-refractivity contribution in [3.05, 3.63) is 29.5 Å². The first-order chi connectivity index (χ1) is 9.62. The molecule has 104 valence electrons. The van der Waals surface area contributed by atoms with E-state index in [0.717, 1.165) is 23.0 Å². The molecule has 0 saturated carbocycles. The minimum Gasteiger partial charge on any atom is -0.493 e. The number of carbonyl (C=O) groups is 1. The van der Waals surface area contributed by atoms with Crippen LogP contribution in [0.25, 0.3) is 10.9 Å². The van der Waals surface area contributed by atoms with Crippen molar-refractivity contribution >= 4 is 16.8 Å². The van der Waals surface area contributed by atoms with Gasteiger partial charge in [0, 0.05) is 23.9 Å². The van der Waals surface area contributed by atoms with Crippen LogP contribution in [-0.2, 0) is 6.42 Å². The molecule has 0 aliphatic carbocycles. The van der Waals surface area contributed by atoms with Gasteiger partial charge in [0.1, 0.15) is 0 Å². The molecule has 1 aromatic heterocycles. The van der Waals surface area contributed by atoms with Gasteiger partial charge >= 0.3 is 0 Å². The highest BCUT2D eigenvalue weighted by Crippen LogP contribution is 2.32. The lowest BCUT2D eigenvalue weighted by molar-refractivity contribution is 0.0928. The van der Waals surface area contributed by atoms with Crippen molar-refractivity contribution in [3.63, 3.8) is 0 Å². The molecule has 1 aliphatic rings. The predicted octanol–water partition coefficient (Wildman–Crippen LogP) is 1.93. The maximum atomic E-state index is 12.0. The lowest BCUT2D eigenvalue weighted by Gasteiger charge is -2.22. The van der Waals surface area contributed by atoms with E-state index in [2.05, 4.69) is 10.3 Å². The molecule has 0 saturated heterocycles. The fourth-order valence-electron chi connectivity index (χ4n) is 2.54. The molecule has 2 heterocycles. The second-order valence-electron chi connectivity index (χ2n) is 4.96. The summed E-state index contributed by atoms with van der Waals surface area (Å²) in [5.74, 6) is 1.20. The third-order valence-corrected chi connectivity index (χ3v) is 3.52. The number of methoxy groups -OCH3 is 2. The Bertz CT molecular complexity index is 697. The van der Waals surface area contributed by atoms with Crippen LogP contribution in [-0.4, -0.2) is 31.2 Å². The lowest BCUT2D eigenvalue weighted by atomic mass is 9.99. The van der Waals surface area contributed by atoms with Crippen molar-refractivity contribution in [2.75, 3.05) is 14.2 Å². The highest BCUT2D eigenvalue weighted by Gasteiger charge is 2.23. The largest absolute Gasteiger partial charge is 0.493 e. The summed E-state index contributed by atoms with van der Waals surface area (Å²) in [4.78, 5) is 16.6. The molecule has 0 unspecified atom stereocenters. The number of aromatic nitrogens is 1. The molecular weight excluding hydrogens is 256 g/mol. The average molecular weight is 272 g/mol. The number of amides is 1. The molecule has 1 atom stereocenters. The number of nitrogens with one attached hydrogen (secondary N) is 1. The molecule has 1 aliphatic heterocycles. The number of nitrogens with zero attached hydrogens (tertiary/aromatic N) is 1. The Morgan fingerprint density at radius 2 is 1.90 bits per heavy atom. The van der Waals surface area contributed by atoms with Crippen LogP contribution in [0.2, 0.25) is 0 Å². The highest BCUT2D eigenvalue weighted by molar-refractivity contribution is 6.00. The molecule has 1 aromatic carbocycles. The summed E-state index contributed by atoms with van der Waals surface area (Å²) in [5, 5.41) is 3.78. The smallest absolute Gasteiger partial charge is 0.253 e. The Morgan fingerprint density at radius 3 is 2.60 bits per heavy atom. The zero-order chi connectivity index (χ0) is 14.3. The van der Waals surface area contributed by atoms with Gasteiger partial charge in [0.25, 0.3) is 5.91 Å². The van der Waals surface area contributed by atoms with Crippen molar-refractivity contribution in [3.8, 4) is 11.5 Å². The van der Waals surface area contributed by atoms with E-state index in [4.69, 9.17) is 9.47 Å². The molecule has 5 nitrogen and oxygen atoms in total. The highest BCUT2D eigenvalue weighted by atomic mass is 16.5. The van der Waals surface area contributed by atoms with Crippen LogP contribution in [0.4, 0.5) is 0 Å². The molecule has 0 spiro atoms. The summed E-state index contributed by atoms with van der Waals surface area (Å²) in [7, 11) is 3.18. The van der Waals surface area contributed by atoms with E-state index < -0.39 is 0 Å². The molecule has 0 bridgehead atoms. The van der Waals surface area contributed by atoms with Crippen LogP contribution in [0.15, 0.2) is 18.2 Å². The first-order valence-corrected chi connectivity index (χ1v) is 6.49. The first kappa shape index (κ1) is 12.7. The Balaban J connectivity index is 2.22. The standard InChI is InChI=1S/C15H16N2O3/c1-8-4-12-10(15(18)16-8)5-9-6-13(19-2)14(20-3)7-11(9)17-12/h5-8H,4H2,1-3H3,(H,16,18)/t8-/m0/s1. The van der Waals surface area contributed by atoms with Crippen LogP contribution in [0, 0.1) is 0 Å². The lowest BCUT2D eigenvalue weighted by Crippen LogP contribution is -2.39. The normalized spacial score (nSPS) is 17.6. The monoisotopic (exact) mass is 272 g/mol. The second-order valence-corrected chi connectivity index (χ2v) is 4.96. The maximum absolute atomic E-state index is 12.0. The van der Waals surface area contributed by atoms with Gasteiger partial charge in [-0.15, -0.1) is 0 Å². The number of carbonyl (C=O) groups excluding carboxylic acids is 1. The van der Waals surface area contributed by atoms with E-state index >= 15 is 0 Å². The van der Waals surface area contributed by atoms with Gasteiger partial charge in [0.2, 0.25) is 0 Å². The SMILES string of the molecule is COc1cc2cc3c(nc2cc1OC)C[C@H](C)NC3=O. The quantitative estimate of drug-likeness (QED) is 0.907. The maximum Gasteiger partial charge on any atom is 0.253 e. The van der Waals surface area contributed by atoms with Gasteiger partial charge < -0.3 is 14.8 Å². The van der Waals surface area contributed by atoms with Gasteiger partial charge in [0.15, 0.2) is 11.5 Å². The molecule has 2 aromatic rings. The zero-order valence-electron chi connectivity index (χ0n) is 11.7. The molecular formula is C15H16N2O3. The van der Waals surface area contributed by atoms with Crippen LogP contribution >= 0.6 is 0 Å². The van der Waals surface area contributed by atoms with E-state index in [1.807, 2.05) is 25.1 Å². The Morgan fingerprint density at radius 1 is 1.20 bits per heavy atom. The van der Waals surface area contributed by atoms with Crippen LogP contribution < -0.4 is 14.8 Å². The van der Waals surface area contributed by atoms with Gasteiger partial charge in [-0.3, -0.25) is 9.78 Å². The molecule has 20 heavy (non-hydrogen) atoms. The fraction of sp³-hybridized carbons (Fsp3) is 0.333. The Hall–Kier alpha value is -2.30. The molecule has 0 radical (unpaired) electrons. The van der Waals surface area contributed by atoms with E-state index in [0.29, 0.717) is 17.1 Å². The molecule has 1 amide bonds. The first-order valence-electron chi connectivity index (χ1n) is 6.49. The fourth-order valence-corrected chi connectivity index (χ4v) is 2.54. The summed E-state index contributed by atoms with van der Waals surface area (Å²) in [6.07, 6.45) is 0.741. The molecule has 3 rings (SSSR count). The third-order valence-electron chi connectivity index (χ3n) is 3.52. The van der Waals surface area contributed by atoms with Gasteiger partial charge in [-0.1, -0.05) is 0 Å². The van der Waals surface area contributed by atoms with Crippen LogP contribution in [0.5, 0.6) is 11.5 Å². The van der Waals surface area contributed by atoms with E-state index in [-0.39, 0.29) is 11.9 Å². The molecule has 0 fully saturated rings. The summed E-state index contributed by atoms with van der Waals surface area (Å²) < 4.78 is 10.6. The average Bonchev–Trinajstić information content (AvgIpc) is 2.44. The summed E-state index contributed by atoms with van der Waals surface area (Å²) in [6.45, 7) is 1.97. The van der Waals surface area contributed by atoms with Crippen molar-refractivity contribution < 1.29 is 14.3 Å². The van der Waals surface area contributed by atoms with Gasteiger partial charge in [-0.25, -0.2) is 0 Å². The van der Waals surface area contributed by atoms with Crippen molar-refractivity contribution in [2.45, 2.75) is 19.4 Å². The van der Waals surface area contributed by atoms with Gasteiger partial charge in [-0.05, 0) is 19.1 Å². The number of hydrogen-bond donors (Lipinski definition) is 1. The molecule has 1 N–H and O–H groups in total. The second kappa shape index (κ2) is 4.67. The summed E-state index contributed by atoms with van der Waals surface area (Å²) in [6, 6.07) is 5.65. The zero-order valence-corrected chi connectivity index (χ0v) is 11.7. The minimum atomic E-state index is -0.0667. The van der Waals surface area contributed by atoms with Crippen LogP contribution in [0.1, 0.15) is 23.0 Å². The van der Waals surface area contributed by atoms with Crippen molar-refractivity contribution in [1.82, 2.24) is 10.3 Å². The van der Waals surface area contributed by atoms with E-state index in [1.165, 1.54) is 0 Å². The van der Waals surface area contributed by atoms with Crippen molar-refractivity contribution in [1.29, 1.82) is 0 Å².